The molecule has 0 spiro atoms. The lowest BCUT2D eigenvalue weighted by molar-refractivity contribution is 0.247. The van der Waals surface area contributed by atoms with E-state index in [2.05, 4.69) is 14.8 Å². The van der Waals surface area contributed by atoms with Crippen LogP contribution in [0.1, 0.15) is 43.0 Å². The lowest BCUT2D eigenvalue weighted by Gasteiger charge is -2.36. The van der Waals surface area contributed by atoms with E-state index < -0.39 is 0 Å². The Bertz CT molecular complexity index is 517. The van der Waals surface area contributed by atoms with Crippen molar-refractivity contribution in [2.45, 2.75) is 44.6 Å². The fraction of sp³-hybridized carbons (Fsp3) is 0.733. The molecule has 0 aromatic carbocycles. The van der Waals surface area contributed by atoms with E-state index in [0.29, 0.717) is 11.1 Å². The van der Waals surface area contributed by atoms with E-state index in [1.54, 1.807) is 0 Å². The van der Waals surface area contributed by atoms with Crippen molar-refractivity contribution >= 4 is 17.4 Å². The second-order valence-corrected chi connectivity index (χ2v) is 6.71. The van der Waals surface area contributed by atoms with Gasteiger partial charge in [0.05, 0.1) is 0 Å². The lowest BCUT2D eigenvalue weighted by atomic mass is 10.2. The first-order chi connectivity index (χ1) is 9.72. The van der Waals surface area contributed by atoms with Crippen LogP contribution in [0.3, 0.4) is 0 Å². The van der Waals surface area contributed by atoms with Crippen molar-refractivity contribution in [3.05, 3.63) is 16.5 Å². The Morgan fingerprint density at radius 3 is 2.30 bits per heavy atom. The molecule has 0 unspecified atom stereocenters. The minimum atomic E-state index is 0.555. The summed E-state index contributed by atoms with van der Waals surface area (Å²) in [7, 11) is 0. The molecule has 4 rings (SSSR count). The Hall–Kier alpha value is -0.870. The molecular formula is C15H21ClN4. The van der Waals surface area contributed by atoms with Crippen LogP contribution in [-0.4, -0.2) is 47.1 Å². The molecule has 0 N–H and O–H groups in total. The SMILES string of the molecule is Cc1c(Cl)nc(C2CC2)nc1N1CCN(C2CC2)CC1. The maximum Gasteiger partial charge on any atom is 0.137 e. The third kappa shape index (κ3) is 2.40. The van der Waals surface area contributed by atoms with Crippen LogP contribution >= 0.6 is 11.6 Å². The predicted molar refractivity (Wildman–Crippen MR) is 80.6 cm³/mol. The van der Waals surface area contributed by atoms with Gasteiger partial charge in [0.25, 0.3) is 0 Å². The van der Waals surface area contributed by atoms with Crippen LogP contribution in [0, 0.1) is 6.92 Å². The first-order valence-corrected chi connectivity index (χ1v) is 8.13. The Balaban J connectivity index is 1.55. The van der Waals surface area contributed by atoms with E-state index in [1.165, 1.54) is 25.7 Å². The van der Waals surface area contributed by atoms with Crippen molar-refractivity contribution in [2.24, 2.45) is 0 Å². The molecule has 1 aromatic heterocycles. The van der Waals surface area contributed by atoms with Crippen molar-refractivity contribution in [1.29, 1.82) is 0 Å². The molecule has 2 saturated carbocycles. The second-order valence-electron chi connectivity index (χ2n) is 6.35. The average Bonchev–Trinajstić information content (AvgIpc) is 3.33. The highest BCUT2D eigenvalue weighted by Crippen LogP contribution is 2.40. The van der Waals surface area contributed by atoms with Gasteiger partial charge in [-0.3, -0.25) is 4.90 Å². The van der Waals surface area contributed by atoms with E-state index in [1.807, 2.05) is 6.92 Å². The molecule has 4 nitrogen and oxygen atoms in total. The normalized spacial score (nSPS) is 24.2. The first-order valence-electron chi connectivity index (χ1n) is 7.75. The molecule has 5 heteroatoms. The highest BCUT2D eigenvalue weighted by atomic mass is 35.5. The number of aromatic nitrogens is 2. The monoisotopic (exact) mass is 292 g/mol. The van der Waals surface area contributed by atoms with Gasteiger partial charge in [-0.05, 0) is 32.6 Å². The van der Waals surface area contributed by atoms with Gasteiger partial charge in [-0.15, -0.1) is 0 Å². The minimum Gasteiger partial charge on any atom is -0.354 e. The zero-order valence-corrected chi connectivity index (χ0v) is 12.7. The zero-order chi connectivity index (χ0) is 13.7. The molecule has 0 atom stereocenters. The maximum absolute atomic E-state index is 6.31. The van der Waals surface area contributed by atoms with Crippen LogP contribution in [-0.2, 0) is 0 Å². The summed E-state index contributed by atoms with van der Waals surface area (Å²) in [6, 6.07) is 0.870. The van der Waals surface area contributed by atoms with Gasteiger partial charge in [0.1, 0.15) is 16.8 Å². The number of nitrogens with zero attached hydrogens (tertiary/aromatic N) is 4. The summed E-state index contributed by atoms with van der Waals surface area (Å²) in [5.41, 5.74) is 1.04. The largest absolute Gasteiger partial charge is 0.354 e. The molecule has 1 saturated heterocycles. The van der Waals surface area contributed by atoms with Crippen LogP contribution in [0.15, 0.2) is 0 Å². The van der Waals surface area contributed by atoms with Crippen molar-refractivity contribution in [3.63, 3.8) is 0 Å². The van der Waals surface area contributed by atoms with Gasteiger partial charge >= 0.3 is 0 Å². The van der Waals surface area contributed by atoms with E-state index in [9.17, 15) is 0 Å². The molecule has 1 aromatic rings. The standard InChI is InChI=1S/C15H21ClN4/c1-10-13(16)17-14(11-2-3-11)18-15(10)20-8-6-19(7-9-20)12-4-5-12/h11-12H,2-9H2,1H3. The Morgan fingerprint density at radius 1 is 1.00 bits per heavy atom. The number of piperazine rings is 1. The second kappa shape index (κ2) is 4.85. The predicted octanol–water partition coefficient (Wildman–Crippen LogP) is 2.60. The summed E-state index contributed by atoms with van der Waals surface area (Å²) in [5, 5.41) is 0.640. The van der Waals surface area contributed by atoms with E-state index in [-0.39, 0.29) is 0 Å². The highest BCUT2D eigenvalue weighted by molar-refractivity contribution is 6.30. The summed E-state index contributed by atoms with van der Waals surface area (Å²) >= 11 is 6.31. The van der Waals surface area contributed by atoms with Gasteiger partial charge in [-0.2, -0.15) is 0 Å². The number of anilines is 1. The van der Waals surface area contributed by atoms with Crippen molar-refractivity contribution < 1.29 is 0 Å². The number of halogens is 1. The van der Waals surface area contributed by atoms with Gasteiger partial charge in [0.2, 0.25) is 0 Å². The minimum absolute atomic E-state index is 0.555. The smallest absolute Gasteiger partial charge is 0.137 e. The molecule has 1 aliphatic heterocycles. The van der Waals surface area contributed by atoms with Gasteiger partial charge < -0.3 is 4.90 Å². The van der Waals surface area contributed by atoms with E-state index >= 15 is 0 Å². The number of hydrogen-bond donors (Lipinski definition) is 0. The molecule has 108 valence electrons. The summed E-state index contributed by atoms with van der Waals surface area (Å²) < 4.78 is 0. The molecule has 0 bridgehead atoms. The zero-order valence-electron chi connectivity index (χ0n) is 12.0. The first kappa shape index (κ1) is 12.8. The molecule has 0 amide bonds. The summed E-state index contributed by atoms with van der Waals surface area (Å²) in [6.45, 7) is 6.49. The highest BCUT2D eigenvalue weighted by Gasteiger charge is 2.33. The Morgan fingerprint density at radius 2 is 1.70 bits per heavy atom. The quantitative estimate of drug-likeness (QED) is 0.802. The maximum atomic E-state index is 6.31. The summed E-state index contributed by atoms with van der Waals surface area (Å²) in [5.74, 6) is 2.59. The topological polar surface area (TPSA) is 32.3 Å². The molecule has 2 aliphatic carbocycles. The molecule has 20 heavy (non-hydrogen) atoms. The molecular weight excluding hydrogens is 272 g/mol. The number of rotatable bonds is 3. The summed E-state index contributed by atoms with van der Waals surface area (Å²) in [4.78, 5) is 14.3. The molecule has 2 heterocycles. The number of hydrogen-bond acceptors (Lipinski definition) is 4. The Labute approximate surface area is 125 Å². The van der Waals surface area contributed by atoms with Gasteiger partial charge in [0.15, 0.2) is 0 Å². The van der Waals surface area contributed by atoms with Crippen LogP contribution < -0.4 is 4.90 Å². The average molecular weight is 293 g/mol. The van der Waals surface area contributed by atoms with E-state index in [4.69, 9.17) is 16.6 Å². The van der Waals surface area contributed by atoms with Crippen molar-refractivity contribution in [3.8, 4) is 0 Å². The van der Waals surface area contributed by atoms with Crippen LogP contribution in [0.5, 0.6) is 0 Å². The van der Waals surface area contributed by atoms with Crippen LogP contribution in [0.2, 0.25) is 5.15 Å². The molecule has 3 aliphatic rings. The Kier molecular flexibility index (Phi) is 3.11. The third-order valence-corrected chi connectivity index (χ3v) is 5.07. The van der Waals surface area contributed by atoms with Crippen molar-refractivity contribution in [2.75, 3.05) is 31.1 Å². The van der Waals surface area contributed by atoms with Gasteiger partial charge in [-0.25, -0.2) is 9.97 Å². The van der Waals surface area contributed by atoms with E-state index in [0.717, 1.165) is 49.4 Å². The van der Waals surface area contributed by atoms with Crippen molar-refractivity contribution in [1.82, 2.24) is 14.9 Å². The molecule has 3 fully saturated rings. The van der Waals surface area contributed by atoms with Gasteiger partial charge in [0, 0.05) is 43.7 Å². The fourth-order valence-corrected chi connectivity index (χ4v) is 3.24. The fourth-order valence-electron chi connectivity index (χ4n) is 3.06. The van der Waals surface area contributed by atoms with Crippen LogP contribution in [0.25, 0.3) is 0 Å². The summed E-state index contributed by atoms with van der Waals surface area (Å²) in [6.07, 6.45) is 5.22. The van der Waals surface area contributed by atoms with Gasteiger partial charge in [-0.1, -0.05) is 11.6 Å². The molecule has 0 radical (unpaired) electrons. The van der Waals surface area contributed by atoms with Crippen LogP contribution in [0.4, 0.5) is 5.82 Å². The third-order valence-electron chi connectivity index (χ3n) is 4.70. The lowest BCUT2D eigenvalue weighted by Crippen LogP contribution is -2.47.